The predicted octanol–water partition coefficient (Wildman–Crippen LogP) is 2.71. The van der Waals surface area contributed by atoms with Crippen molar-refractivity contribution in [1.82, 2.24) is 4.90 Å². The molecule has 0 bridgehead atoms. The van der Waals surface area contributed by atoms with E-state index in [-0.39, 0.29) is 0 Å². The first kappa shape index (κ1) is 20.5. The first-order chi connectivity index (χ1) is 12.5. The van der Waals surface area contributed by atoms with Crippen LogP contribution in [0, 0.1) is 0 Å². The van der Waals surface area contributed by atoms with E-state index in [9.17, 15) is 9.90 Å². The van der Waals surface area contributed by atoms with Crippen molar-refractivity contribution in [3.05, 3.63) is 35.9 Å². The van der Waals surface area contributed by atoms with Gasteiger partial charge in [-0.05, 0) is 42.5 Å². The molecule has 0 spiro atoms. The van der Waals surface area contributed by atoms with E-state index in [2.05, 4.69) is 23.1 Å². The summed E-state index contributed by atoms with van der Waals surface area (Å²) in [5, 5.41) is 9.50. The van der Waals surface area contributed by atoms with Gasteiger partial charge < -0.3 is 15.6 Å². The van der Waals surface area contributed by atoms with Crippen LogP contribution in [0.25, 0.3) is 5.57 Å². The summed E-state index contributed by atoms with van der Waals surface area (Å²) < 4.78 is 5.20. The fourth-order valence-corrected chi connectivity index (χ4v) is 3.26. The van der Waals surface area contributed by atoms with Crippen molar-refractivity contribution in [2.75, 3.05) is 26.7 Å². The average molecular weight is 356 g/mol. The number of nitrogens with zero attached hydrogens (tertiary/aromatic N) is 1. The van der Waals surface area contributed by atoms with Crippen LogP contribution >= 0.6 is 0 Å². The lowest BCUT2D eigenvalue weighted by Crippen LogP contribution is -2.50. The van der Waals surface area contributed by atoms with Gasteiger partial charge in [-0.2, -0.15) is 0 Å². The summed E-state index contributed by atoms with van der Waals surface area (Å²) in [6.07, 6.45) is 6.23. The second-order valence-electron chi connectivity index (χ2n) is 6.97. The summed E-state index contributed by atoms with van der Waals surface area (Å²) in [4.78, 5) is 13.8. The van der Waals surface area contributed by atoms with E-state index in [1.807, 2.05) is 12.1 Å². The Morgan fingerprint density at radius 1 is 1.31 bits per heavy atom. The third-order valence-corrected chi connectivity index (χ3v) is 5.13. The summed E-state index contributed by atoms with van der Waals surface area (Å²) in [5.41, 5.74) is 7.53. The smallest absolute Gasteiger partial charge is 0.323 e. The van der Waals surface area contributed by atoms with E-state index in [0.29, 0.717) is 25.7 Å². The molecule has 0 amide bonds. The van der Waals surface area contributed by atoms with Gasteiger partial charge in [0, 0.05) is 19.6 Å². The van der Waals surface area contributed by atoms with Gasteiger partial charge in [-0.15, -0.1) is 0 Å². The number of methoxy groups -OCH3 is 1. The van der Waals surface area contributed by atoms with E-state index >= 15 is 0 Å². The molecule has 5 nitrogen and oxygen atoms in total. The average Bonchev–Trinajstić information content (AvgIpc) is 2.67. The fourth-order valence-electron chi connectivity index (χ4n) is 3.26. The van der Waals surface area contributed by atoms with Gasteiger partial charge >= 0.3 is 5.97 Å². The molecular weight excluding hydrogens is 327 g/mol. The Morgan fingerprint density at radius 2 is 2.04 bits per heavy atom. The van der Waals surface area contributed by atoms with Crippen molar-refractivity contribution in [1.29, 1.82) is 0 Å². The zero-order chi connectivity index (χ0) is 19.0. The first-order valence-corrected chi connectivity index (χ1v) is 9.26. The van der Waals surface area contributed by atoms with E-state index in [1.165, 1.54) is 11.1 Å². The molecule has 0 saturated carbocycles. The number of hydrogen-bond acceptors (Lipinski definition) is 4. The van der Waals surface area contributed by atoms with Crippen LogP contribution in [0.1, 0.15) is 37.7 Å². The highest BCUT2D eigenvalue weighted by Gasteiger charge is 2.33. The summed E-state index contributed by atoms with van der Waals surface area (Å²) in [7, 11) is 7.16. The molecule has 0 aromatic heterocycles. The van der Waals surface area contributed by atoms with Gasteiger partial charge in [0.2, 0.25) is 0 Å². The molecule has 0 saturated heterocycles. The maximum atomic E-state index is 11.6. The fraction of sp³-hybridized carbons (Fsp3) is 0.550. The van der Waals surface area contributed by atoms with Crippen LogP contribution in [0.2, 0.25) is 6.32 Å². The number of ether oxygens (including phenoxy) is 1. The molecule has 0 fully saturated rings. The van der Waals surface area contributed by atoms with Gasteiger partial charge in [0.15, 0.2) is 0 Å². The maximum absolute atomic E-state index is 11.6. The normalized spacial score (nSPS) is 17.4. The number of nitrogens with two attached hydrogens (primary N) is 1. The highest BCUT2D eigenvalue weighted by Crippen LogP contribution is 2.25. The van der Waals surface area contributed by atoms with Crippen LogP contribution in [-0.4, -0.2) is 56.1 Å². The molecule has 140 valence electrons. The number of unbranched alkanes of at least 4 members (excludes halogenated alkanes) is 1. The second kappa shape index (κ2) is 9.79. The molecule has 1 atom stereocenters. The largest absolute Gasteiger partial charge is 0.497 e. The summed E-state index contributed by atoms with van der Waals surface area (Å²) >= 11 is 0. The Bertz CT molecular complexity index is 618. The number of rotatable bonds is 10. The molecule has 1 aliphatic rings. The number of aliphatic carboxylic acids is 1. The Morgan fingerprint density at radius 3 is 2.58 bits per heavy atom. The number of carboxylic acids is 1. The molecule has 6 heteroatoms. The number of carbonyl (C=O) groups is 1. The number of benzene rings is 1. The standard InChI is InChI=1S/C20H29BN2O3/c1-26-18-6-4-16(5-7-18)17-8-13-23(14-9-17)15-11-20(22,19(24)25)10-2-3-12-21/h4-8H,2-3,9-15,22H2,1H3,(H,24,25). The molecule has 26 heavy (non-hydrogen) atoms. The van der Waals surface area contributed by atoms with Crippen LogP contribution in [0.3, 0.4) is 0 Å². The van der Waals surface area contributed by atoms with Gasteiger partial charge in [0.25, 0.3) is 0 Å². The third kappa shape index (κ3) is 5.61. The molecule has 0 aliphatic carbocycles. The summed E-state index contributed by atoms with van der Waals surface area (Å²) in [6.45, 7) is 2.42. The first-order valence-electron chi connectivity index (χ1n) is 9.26. The highest BCUT2D eigenvalue weighted by atomic mass is 16.5. The van der Waals surface area contributed by atoms with Crippen LogP contribution in [0.4, 0.5) is 0 Å². The third-order valence-electron chi connectivity index (χ3n) is 5.13. The molecule has 1 unspecified atom stereocenters. The Hall–Kier alpha value is -1.79. The minimum absolute atomic E-state index is 0.457. The molecule has 2 radical (unpaired) electrons. The van der Waals surface area contributed by atoms with Crippen LogP contribution < -0.4 is 10.5 Å². The van der Waals surface area contributed by atoms with Crippen molar-refractivity contribution in [3.8, 4) is 5.75 Å². The van der Waals surface area contributed by atoms with Gasteiger partial charge in [0.05, 0.1) is 15.0 Å². The highest BCUT2D eigenvalue weighted by molar-refractivity contribution is 6.08. The van der Waals surface area contributed by atoms with Crippen molar-refractivity contribution in [2.45, 2.75) is 44.0 Å². The van der Waals surface area contributed by atoms with Crippen LogP contribution in [0.15, 0.2) is 30.3 Å². The lowest BCUT2D eigenvalue weighted by molar-refractivity contribution is -0.144. The molecule has 3 N–H and O–H groups in total. The molecule has 1 aliphatic heterocycles. The topological polar surface area (TPSA) is 75.8 Å². The molecule has 2 rings (SSSR count). The number of carboxylic acid groups (broad SMARTS) is 1. The minimum atomic E-state index is -1.16. The van der Waals surface area contributed by atoms with E-state index in [1.54, 1.807) is 7.11 Å². The van der Waals surface area contributed by atoms with Gasteiger partial charge in [0.1, 0.15) is 11.3 Å². The molecule has 1 aromatic rings. The quantitative estimate of drug-likeness (QED) is 0.498. The molecule has 1 heterocycles. The van der Waals surface area contributed by atoms with Crippen LogP contribution in [-0.2, 0) is 4.79 Å². The second-order valence-corrected chi connectivity index (χ2v) is 6.97. The monoisotopic (exact) mass is 356 g/mol. The van der Waals surface area contributed by atoms with Crippen molar-refractivity contribution in [3.63, 3.8) is 0 Å². The molecule has 1 aromatic carbocycles. The Labute approximate surface area is 157 Å². The predicted molar refractivity (Wildman–Crippen MR) is 106 cm³/mol. The Kier molecular flexibility index (Phi) is 7.73. The zero-order valence-electron chi connectivity index (χ0n) is 15.6. The lowest BCUT2D eigenvalue weighted by Gasteiger charge is -2.31. The van der Waals surface area contributed by atoms with Crippen molar-refractivity contribution >= 4 is 19.4 Å². The van der Waals surface area contributed by atoms with Crippen LogP contribution in [0.5, 0.6) is 5.75 Å². The van der Waals surface area contributed by atoms with Gasteiger partial charge in [-0.25, -0.2) is 0 Å². The summed E-state index contributed by atoms with van der Waals surface area (Å²) in [6, 6.07) is 8.10. The minimum Gasteiger partial charge on any atom is -0.497 e. The lowest BCUT2D eigenvalue weighted by atomic mass is 9.87. The van der Waals surface area contributed by atoms with E-state index in [0.717, 1.165) is 38.1 Å². The van der Waals surface area contributed by atoms with E-state index in [4.69, 9.17) is 18.3 Å². The SMILES string of the molecule is [B]CCCCC(N)(CCN1CC=C(c2ccc(OC)cc2)CC1)C(=O)O. The zero-order valence-corrected chi connectivity index (χ0v) is 15.6. The Balaban J connectivity index is 1.88. The molecular formula is C20H29BN2O3. The summed E-state index contributed by atoms with van der Waals surface area (Å²) in [5.74, 6) is -0.0598. The van der Waals surface area contributed by atoms with Crippen molar-refractivity contribution in [2.24, 2.45) is 5.73 Å². The maximum Gasteiger partial charge on any atom is 0.323 e. The number of hydrogen-bond donors (Lipinski definition) is 2. The van der Waals surface area contributed by atoms with E-state index < -0.39 is 11.5 Å². The van der Waals surface area contributed by atoms with Gasteiger partial charge in [-0.3, -0.25) is 9.69 Å². The van der Waals surface area contributed by atoms with Gasteiger partial charge in [-0.1, -0.05) is 37.4 Å². The van der Waals surface area contributed by atoms with Crippen molar-refractivity contribution < 1.29 is 14.6 Å².